The summed E-state index contributed by atoms with van der Waals surface area (Å²) in [5.74, 6) is -5.93. The molecule has 1 heterocycles. The van der Waals surface area contributed by atoms with Crippen LogP contribution in [-0.2, 0) is 9.53 Å². The molecule has 0 aliphatic rings. The predicted octanol–water partition coefficient (Wildman–Crippen LogP) is 3.41. The molecule has 4 rings (SSSR count). The van der Waals surface area contributed by atoms with Crippen LogP contribution < -0.4 is 14.9 Å². The molecule has 0 unspecified atom stereocenters. The van der Waals surface area contributed by atoms with Crippen molar-refractivity contribution in [3.05, 3.63) is 57.7 Å². The zero-order chi connectivity index (χ0) is 28.6. The summed E-state index contributed by atoms with van der Waals surface area (Å²) in [6.07, 6.45) is -0.416. The molecule has 0 amide bonds. The lowest BCUT2D eigenvalue weighted by atomic mass is 9.86. The Kier molecular flexibility index (Phi) is 7.04. The van der Waals surface area contributed by atoms with Crippen molar-refractivity contribution in [2.45, 2.75) is 12.3 Å². The third kappa shape index (κ3) is 4.63. The first-order chi connectivity index (χ1) is 18.5. The molecule has 0 radical (unpaired) electrons. The van der Waals surface area contributed by atoms with Gasteiger partial charge in [-0.15, -0.1) is 0 Å². The maximum atomic E-state index is 13.2. The van der Waals surface area contributed by atoms with Gasteiger partial charge in [-0.3, -0.25) is 9.59 Å². The first-order valence-corrected chi connectivity index (χ1v) is 11.3. The van der Waals surface area contributed by atoms with Crippen molar-refractivity contribution < 1.29 is 54.1 Å². The summed E-state index contributed by atoms with van der Waals surface area (Å²) < 4.78 is 21.1. The van der Waals surface area contributed by atoms with Gasteiger partial charge in [0.05, 0.1) is 27.8 Å². The Labute approximate surface area is 220 Å². The Morgan fingerprint density at radius 3 is 2.03 bits per heavy atom. The molecule has 0 spiro atoms. The van der Waals surface area contributed by atoms with Crippen LogP contribution >= 0.6 is 0 Å². The smallest absolute Gasteiger partial charge is 0.306 e. The van der Waals surface area contributed by atoms with Gasteiger partial charge >= 0.3 is 5.97 Å². The van der Waals surface area contributed by atoms with Crippen molar-refractivity contribution in [2.75, 3.05) is 21.3 Å². The second-order valence-corrected chi connectivity index (χ2v) is 8.45. The summed E-state index contributed by atoms with van der Waals surface area (Å²) in [4.78, 5) is 25.7. The van der Waals surface area contributed by atoms with Crippen LogP contribution in [0.5, 0.6) is 46.0 Å². The topological polar surface area (TPSA) is 196 Å². The van der Waals surface area contributed by atoms with Crippen molar-refractivity contribution in [1.82, 2.24) is 0 Å². The van der Waals surface area contributed by atoms with Gasteiger partial charge in [0.2, 0.25) is 16.9 Å². The van der Waals surface area contributed by atoms with Gasteiger partial charge < -0.3 is 49.3 Å². The SMILES string of the molecule is COC(=O)C[C@H](c1cc(OC)c(O)c(OC)c1)c1c(O)cc(O)c2c(=O)c(O)c(-c3ccc(O)c(O)c3)oc12. The molecular formula is C27H24O12. The van der Waals surface area contributed by atoms with Crippen LogP contribution in [0.4, 0.5) is 0 Å². The quantitative estimate of drug-likeness (QED) is 0.148. The van der Waals surface area contributed by atoms with E-state index in [4.69, 9.17) is 18.6 Å². The van der Waals surface area contributed by atoms with E-state index in [0.717, 1.165) is 25.3 Å². The molecule has 6 N–H and O–H groups in total. The molecule has 204 valence electrons. The molecular weight excluding hydrogens is 516 g/mol. The van der Waals surface area contributed by atoms with E-state index in [1.807, 2.05) is 0 Å². The molecule has 0 aliphatic carbocycles. The van der Waals surface area contributed by atoms with Gasteiger partial charge in [-0.2, -0.15) is 0 Å². The molecule has 0 aliphatic heterocycles. The number of phenols is 5. The number of fused-ring (bicyclic) bond motifs is 1. The minimum atomic E-state index is -1.13. The fraction of sp³-hybridized carbons (Fsp3) is 0.185. The van der Waals surface area contributed by atoms with Crippen LogP contribution in [0.25, 0.3) is 22.3 Å². The van der Waals surface area contributed by atoms with E-state index in [1.54, 1.807) is 0 Å². The lowest BCUT2D eigenvalue weighted by molar-refractivity contribution is -0.140. The average molecular weight is 540 g/mol. The normalized spacial score (nSPS) is 11.8. The van der Waals surface area contributed by atoms with Crippen LogP contribution in [0.1, 0.15) is 23.5 Å². The Balaban J connectivity index is 2.12. The van der Waals surface area contributed by atoms with Crippen molar-refractivity contribution in [3.8, 4) is 57.3 Å². The summed E-state index contributed by atoms with van der Waals surface area (Å²) in [6.45, 7) is 0. The maximum Gasteiger partial charge on any atom is 0.306 e. The van der Waals surface area contributed by atoms with Gasteiger partial charge in [0.1, 0.15) is 22.5 Å². The summed E-state index contributed by atoms with van der Waals surface area (Å²) in [5, 5.41) is 61.6. The van der Waals surface area contributed by atoms with Gasteiger partial charge in [-0.1, -0.05) is 0 Å². The predicted molar refractivity (Wildman–Crippen MR) is 136 cm³/mol. The summed E-state index contributed by atoms with van der Waals surface area (Å²) in [7, 11) is 3.74. The Morgan fingerprint density at radius 1 is 0.821 bits per heavy atom. The van der Waals surface area contributed by atoms with Gasteiger partial charge in [-0.05, 0) is 35.9 Å². The molecule has 0 bridgehead atoms. The molecule has 4 aromatic rings. The lowest BCUT2D eigenvalue weighted by Gasteiger charge is -2.22. The van der Waals surface area contributed by atoms with Gasteiger partial charge in [-0.25, -0.2) is 0 Å². The summed E-state index contributed by atoms with van der Waals surface area (Å²) >= 11 is 0. The summed E-state index contributed by atoms with van der Waals surface area (Å²) in [5.41, 5.74) is -1.38. The standard InChI is InChI=1S/C27H24O12/c1-36-18-7-12(8-19(37-2)23(18)33)13(9-20(32)38-3)21-16(30)10-17(31)22-24(34)25(35)26(39-27(21)22)11-4-5-14(28)15(29)6-11/h4-8,10,13,28-31,33,35H,9H2,1-3H3/t13-/m1/s1. The van der Waals surface area contributed by atoms with E-state index in [1.165, 1.54) is 32.4 Å². The van der Waals surface area contributed by atoms with Crippen molar-refractivity contribution in [3.63, 3.8) is 0 Å². The second-order valence-electron chi connectivity index (χ2n) is 8.45. The van der Waals surface area contributed by atoms with Crippen molar-refractivity contribution in [2.24, 2.45) is 0 Å². The average Bonchev–Trinajstić information content (AvgIpc) is 2.91. The molecule has 1 atom stereocenters. The number of carbonyl (C=O) groups is 1. The van der Waals surface area contributed by atoms with Gasteiger partial charge in [0.15, 0.2) is 28.8 Å². The number of carbonyl (C=O) groups excluding carboxylic acids is 1. The largest absolute Gasteiger partial charge is 0.507 e. The number of rotatable bonds is 7. The highest BCUT2D eigenvalue weighted by Crippen LogP contribution is 2.47. The molecule has 0 saturated heterocycles. The highest BCUT2D eigenvalue weighted by Gasteiger charge is 2.31. The monoisotopic (exact) mass is 540 g/mol. The lowest BCUT2D eigenvalue weighted by Crippen LogP contribution is -2.13. The first-order valence-electron chi connectivity index (χ1n) is 11.3. The minimum absolute atomic E-state index is 0.0203. The fourth-order valence-electron chi connectivity index (χ4n) is 4.29. The minimum Gasteiger partial charge on any atom is -0.507 e. The highest BCUT2D eigenvalue weighted by atomic mass is 16.5. The number of ether oxygens (including phenoxy) is 3. The fourth-order valence-corrected chi connectivity index (χ4v) is 4.29. The van der Waals surface area contributed by atoms with Crippen molar-refractivity contribution in [1.29, 1.82) is 0 Å². The van der Waals surface area contributed by atoms with Crippen LogP contribution in [0.15, 0.2) is 45.6 Å². The van der Waals surface area contributed by atoms with E-state index in [2.05, 4.69) is 0 Å². The highest BCUT2D eigenvalue weighted by molar-refractivity contribution is 5.92. The molecule has 12 nitrogen and oxygen atoms in total. The van der Waals surface area contributed by atoms with E-state index < -0.39 is 69.2 Å². The van der Waals surface area contributed by atoms with E-state index in [-0.39, 0.29) is 33.9 Å². The third-order valence-corrected chi connectivity index (χ3v) is 6.23. The zero-order valence-corrected chi connectivity index (χ0v) is 20.9. The second kappa shape index (κ2) is 10.2. The van der Waals surface area contributed by atoms with Crippen LogP contribution in [0.3, 0.4) is 0 Å². The van der Waals surface area contributed by atoms with Gasteiger partial charge in [0.25, 0.3) is 0 Å². The number of hydrogen-bond donors (Lipinski definition) is 6. The van der Waals surface area contributed by atoms with Crippen LogP contribution in [0.2, 0.25) is 0 Å². The van der Waals surface area contributed by atoms with E-state index >= 15 is 0 Å². The van der Waals surface area contributed by atoms with Crippen molar-refractivity contribution >= 4 is 16.9 Å². The number of esters is 1. The van der Waals surface area contributed by atoms with Crippen LogP contribution in [0, 0.1) is 0 Å². The molecule has 39 heavy (non-hydrogen) atoms. The number of hydrogen-bond acceptors (Lipinski definition) is 12. The number of methoxy groups -OCH3 is 3. The molecule has 1 aromatic heterocycles. The Bertz CT molecular complexity index is 1630. The molecule has 12 heteroatoms. The molecule has 0 fully saturated rings. The molecule has 0 saturated carbocycles. The Morgan fingerprint density at radius 2 is 1.46 bits per heavy atom. The van der Waals surface area contributed by atoms with E-state index in [0.29, 0.717) is 0 Å². The van der Waals surface area contributed by atoms with Crippen LogP contribution in [-0.4, -0.2) is 57.9 Å². The van der Waals surface area contributed by atoms with Gasteiger partial charge in [0, 0.05) is 23.1 Å². The Hall–Kier alpha value is -5.26. The first kappa shape index (κ1) is 26.8. The zero-order valence-electron chi connectivity index (χ0n) is 20.9. The maximum absolute atomic E-state index is 13.2. The number of benzene rings is 3. The van der Waals surface area contributed by atoms with E-state index in [9.17, 15) is 40.2 Å². The summed E-state index contributed by atoms with van der Waals surface area (Å²) in [6, 6.07) is 7.00. The number of aromatic hydroxyl groups is 6. The molecule has 3 aromatic carbocycles. The number of phenolic OH excluding ortho intramolecular Hbond substituents is 5. The third-order valence-electron chi connectivity index (χ3n) is 6.23.